The number of aliphatic carboxylic acids is 1. The normalized spacial score (nSPS) is 22.0. The van der Waals surface area contributed by atoms with E-state index in [1.807, 2.05) is 50.1 Å². The fraction of sp³-hybridized carbons (Fsp3) is 0.562. The molecule has 0 radical (unpaired) electrons. The summed E-state index contributed by atoms with van der Waals surface area (Å²) in [5.74, 6) is -0.403. The molecule has 0 amide bonds. The summed E-state index contributed by atoms with van der Waals surface area (Å²) in [4.78, 5) is 13.3. The van der Waals surface area contributed by atoms with Crippen LogP contribution in [0.5, 0.6) is 5.75 Å². The highest BCUT2D eigenvalue weighted by Crippen LogP contribution is 2.22. The highest BCUT2D eigenvalue weighted by molar-refractivity contribution is 5.71. The number of benzene rings is 1. The van der Waals surface area contributed by atoms with E-state index in [1.54, 1.807) is 0 Å². The first kappa shape index (κ1) is 15.8. The van der Waals surface area contributed by atoms with E-state index in [1.165, 1.54) is 0 Å². The Morgan fingerprint density at radius 1 is 1.48 bits per heavy atom. The van der Waals surface area contributed by atoms with Crippen LogP contribution in [-0.4, -0.2) is 48.4 Å². The van der Waals surface area contributed by atoms with Crippen molar-refractivity contribution < 1.29 is 19.4 Å². The third-order valence-corrected chi connectivity index (χ3v) is 3.64. The first-order valence-corrected chi connectivity index (χ1v) is 7.23. The van der Waals surface area contributed by atoms with E-state index in [2.05, 4.69) is 0 Å². The molecule has 1 fully saturated rings. The van der Waals surface area contributed by atoms with Gasteiger partial charge in [-0.2, -0.15) is 0 Å². The molecule has 5 heteroatoms. The van der Waals surface area contributed by atoms with Crippen LogP contribution in [0.1, 0.15) is 19.4 Å². The molecule has 1 saturated heterocycles. The zero-order valence-corrected chi connectivity index (χ0v) is 12.8. The molecule has 2 unspecified atom stereocenters. The molecular formula is C16H23NO4. The summed E-state index contributed by atoms with van der Waals surface area (Å²) in [7, 11) is 1.94. The molecule has 5 nitrogen and oxygen atoms in total. The Labute approximate surface area is 125 Å². The van der Waals surface area contributed by atoms with Crippen LogP contribution in [0, 0.1) is 5.92 Å². The third kappa shape index (κ3) is 4.19. The summed E-state index contributed by atoms with van der Waals surface area (Å²) in [6.07, 6.45) is 0.137. The molecule has 2 rings (SSSR count). The Bertz CT molecular complexity index is 489. The van der Waals surface area contributed by atoms with Crippen LogP contribution in [0.3, 0.4) is 0 Å². The molecule has 1 aliphatic heterocycles. The molecule has 1 aliphatic rings. The van der Waals surface area contributed by atoms with E-state index >= 15 is 0 Å². The molecule has 116 valence electrons. The summed E-state index contributed by atoms with van der Waals surface area (Å²) in [5, 5.41) is 9.22. The predicted molar refractivity (Wildman–Crippen MR) is 79.4 cm³/mol. The van der Waals surface area contributed by atoms with E-state index in [-0.39, 0.29) is 12.1 Å². The lowest BCUT2D eigenvalue weighted by molar-refractivity contribution is -0.143. The van der Waals surface area contributed by atoms with Crippen molar-refractivity contribution >= 4 is 5.97 Å². The van der Waals surface area contributed by atoms with Gasteiger partial charge in [0, 0.05) is 12.6 Å². The van der Waals surface area contributed by atoms with Crippen LogP contribution in [0.15, 0.2) is 24.3 Å². The van der Waals surface area contributed by atoms with Gasteiger partial charge in [0.05, 0.1) is 25.2 Å². The molecule has 1 aromatic carbocycles. The van der Waals surface area contributed by atoms with Crippen molar-refractivity contribution in [1.82, 2.24) is 4.90 Å². The smallest absolute Gasteiger partial charge is 0.310 e. The Kier molecular flexibility index (Phi) is 5.20. The molecule has 0 aromatic heterocycles. The second-order valence-corrected chi connectivity index (χ2v) is 5.78. The highest BCUT2D eigenvalue weighted by Gasteiger charge is 2.36. The van der Waals surface area contributed by atoms with Gasteiger partial charge in [-0.05, 0) is 38.6 Å². The van der Waals surface area contributed by atoms with E-state index < -0.39 is 11.9 Å². The molecule has 1 N–H and O–H groups in total. The van der Waals surface area contributed by atoms with E-state index in [9.17, 15) is 9.90 Å². The second kappa shape index (κ2) is 6.91. The van der Waals surface area contributed by atoms with Gasteiger partial charge in [-0.25, -0.2) is 0 Å². The SMILES string of the molecule is CC(C)Oc1cccc(CN(C)C2COCC2C(=O)O)c1. The number of rotatable bonds is 6. The zero-order valence-electron chi connectivity index (χ0n) is 12.8. The number of carboxylic acids is 1. The van der Waals surface area contributed by atoms with Gasteiger partial charge >= 0.3 is 5.97 Å². The van der Waals surface area contributed by atoms with Crippen LogP contribution in [0.4, 0.5) is 0 Å². The standard InChI is InChI=1S/C16H23NO4/c1-11(2)21-13-6-4-5-12(7-13)8-17(3)15-10-20-9-14(15)16(18)19/h4-7,11,14-15H,8-10H2,1-3H3,(H,18,19). The van der Waals surface area contributed by atoms with E-state index in [0.717, 1.165) is 11.3 Å². The van der Waals surface area contributed by atoms with Crippen molar-refractivity contribution in [3.8, 4) is 5.75 Å². The predicted octanol–water partition coefficient (Wildman–Crippen LogP) is 2.01. The quantitative estimate of drug-likeness (QED) is 0.869. The Hall–Kier alpha value is -1.59. The molecule has 21 heavy (non-hydrogen) atoms. The Morgan fingerprint density at radius 2 is 2.24 bits per heavy atom. The molecule has 1 aromatic rings. The fourth-order valence-electron chi connectivity index (χ4n) is 2.61. The van der Waals surface area contributed by atoms with Gasteiger partial charge in [0.25, 0.3) is 0 Å². The minimum atomic E-state index is -0.791. The molecule has 0 saturated carbocycles. The number of hydrogen-bond acceptors (Lipinski definition) is 4. The molecular weight excluding hydrogens is 270 g/mol. The van der Waals surface area contributed by atoms with Crippen LogP contribution in [0.25, 0.3) is 0 Å². The molecule has 0 aliphatic carbocycles. The minimum absolute atomic E-state index is 0.0860. The number of carbonyl (C=O) groups is 1. The van der Waals surface area contributed by atoms with Gasteiger partial charge in [0.2, 0.25) is 0 Å². The summed E-state index contributed by atoms with van der Waals surface area (Å²) in [5.41, 5.74) is 1.10. The zero-order chi connectivity index (χ0) is 15.4. The average Bonchev–Trinajstić information content (AvgIpc) is 2.87. The Morgan fingerprint density at radius 3 is 2.90 bits per heavy atom. The van der Waals surface area contributed by atoms with Crippen molar-refractivity contribution in [3.63, 3.8) is 0 Å². The van der Waals surface area contributed by atoms with Crippen molar-refractivity contribution in [2.24, 2.45) is 5.92 Å². The molecule has 0 bridgehead atoms. The van der Waals surface area contributed by atoms with Crippen molar-refractivity contribution in [2.75, 3.05) is 20.3 Å². The van der Waals surface area contributed by atoms with Gasteiger partial charge in [-0.15, -0.1) is 0 Å². The van der Waals surface area contributed by atoms with Gasteiger partial charge < -0.3 is 14.6 Å². The third-order valence-electron chi connectivity index (χ3n) is 3.64. The van der Waals surface area contributed by atoms with E-state index in [0.29, 0.717) is 19.8 Å². The van der Waals surface area contributed by atoms with Crippen LogP contribution >= 0.6 is 0 Å². The maximum absolute atomic E-state index is 11.2. The largest absolute Gasteiger partial charge is 0.491 e. The molecule has 2 atom stereocenters. The number of nitrogens with zero attached hydrogens (tertiary/aromatic N) is 1. The first-order chi connectivity index (χ1) is 9.97. The summed E-state index contributed by atoms with van der Waals surface area (Å²) < 4.78 is 11.0. The van der Waals surface area contributed by atoms with Gasteiger partial charge in [-0.3, -0.25) is 9.69 Å². The van der Waals surface area contributed by atoms with Crippen molar-refractivity contribution in [2.45, 2.75) is 32.5 Å². The lowest BCUT2D eigenvalue weighted by atomic mass is 10.0. The maximum Gasteiger partial charge on any atom is 0.310 e. The lowest BCUT2D eigenvalue weighted by Crippen LogP contribution is -2.40. The highest BCUT2D eigenvalue weighted by atomic mass is 16.5. The summed E-state index contributed by atoms with van der Waals surface area (Å²) in [6, 6.07) is 7.83. The van der Waals surface area contributed by atoms with Crippen LogP contribution in [0.2, 0.25) is 0 Å². The fourth-order valence-corrected chi connectivity index (χ4v) is 2.61. The van der Waals surface area contributed by atoms with Crippen molar-refractivity contribution in [1.29, 1.82) is 0 Å². The van der Waals surface area contributed by atoms with Crippen LogP contribution in [-0.2, 0) is 16.1 Å². The van der Waals surface area contributed by atoms with Crippen molar-refractivity contribution in [3.05, 3.63) is 29.8 Å². The Balaban J connectivity index is 2.02. The summed E-state index contributed by atoms with van der Waals surface area (Å²) >= 11 is 0. The number of carboxylic acid groups (broad SMARTS) is 1. The maximum atomic E-state index is 11.2. The van der Waals surface area contributed by atoms with E-state index in [4.69, 9.17) is 9.47 Å². The molecule has 0 spiro atoms. The number of hydrogen-bond donors (Lipinski definition) is 1. The van der Waals surface area contributed by atoms with Crippen LogP contribution < -0.4 is 4.74 Å². The van der Waals surface area contributed by atoms with Gasteiger partial charge in [0.15, 0.2) is 0 Å². The molecule has 1 heterocycles. The number of ether oxygens (including phenoxy) is 2. The first-order valence-electron chi connectivity index (χ1n) is 7.23. The summed E-state index contributed by atoms with van der Waals surface area (Å²) in [6.45, 7) is 5.42. The van der Waals surface area contributed by atoms with Gasteiger partial charge in [-0.1, -0.05) is 12.1 Å². The number of likely N-dealkylation sites (N-methyl/N-ethyl adjacent to an activating group) is 1. The second-order valence-electron chi connectivity index (χ2n) is 5.78. The topological polar surface area (TPSA) is 59.0 Å². The minimum Gasteiger partial charge on any atom is -0.491 e. The van der Waals surface area contributed by atoms with Gasteiger partial charge in [0.1, 0.15) is 5.75 Å². The lowest BCUT2D eigenvalue weighted by Gasteiger charge is -2.26. The monoisotopic (exact) mass is 293 g/mol. The average molecular weight is 293 g/mol.